The number of thiophene rings is 1. The number of carbonyl (C=O) groups is 2. The van der Waals surface area contributed by atoms with Gasteiger partial charge in [-0.05, 0) is 30.4 Å². The summed E-state index contributed by atoms with van der Waals surface area (Å²) in [6, 6.07) is 8.76. The summed E-state index contributed by atoms with van der Waals surface area (Å²) in [7, 11) is 1.51. The summed E-state index contributed by atoms with van der Waals surface area (Å²) in [6.07, 6.45) is 1.98. The standard InChI is InChI=1S/C18H16N4O3S/c1-22-18(25)12-5-3-2-4-11(12)14(21-22)16(24)20-17-13(8-9-26-17)15(23)19-10-6-7-10/h2-5,8-10H,6-7H2,1H3,(H,19,23)(H,20,24). The molecule has 1 fully saturated rings. The summed E-state index contributed by atoms with van der Waals surface area (Å²) in [6.45, 7) is 0. The van der Waals surface area contributed by atoms with E-state index in [9.17, 15) is 14.4 Å². The Morgan fingerprint density at radius 2 is 1.88 bits per heavy atom. The van der Waals surface area contributed by atoms with Crippen molar-refractivity contribution in [3.8, 4) is 0 Å². The normalized spacial score (nSPS) is 13.6. The third kappa shape index (κ3) is 2.99. The first kappa shape index (κ1) is 16.5. The monoisotopic (exact) mass is 368 g/mol. The number of amides is 2. The average molecular weight is 368 g/mol. The lowest BCUT2D eigenvalue weighted by Crippen LogP contribution is -2.27. The molecule has 1 aliphatic carbocycles. The number of nitrogens with one attached hydrogen (secondary N) is 2. The molecule has 1 aliphatic rings. The van der Waals surface area contributed by atoms with E-state index in [1.807, 2.05) is 0 Å². The second kappa shape index (κ2) is 6.38. The number of carbonyl (C=O) groups excluding carboxylic acids is 2. The lowest BCUT2D eigenvalue weighted by atomic mass is 10.1. The minimum atomic E-state index is -0.459. The second-order valence-electron chi connectivity index (χ2n) is 6.19. The highest BCUT2D eigenvalue weighted by Gasteiger charge is 2.26. The van der Waals surface area contributed by atoms with E-state index in [1.165, 1.54) is 18.4 Å². The van der Waals surface area contributed by atoms with Crippen molar-refractivity contribution >= 4 is 38.9 Å². The molecular formula is C18H16N4O3S. The van der Waals surface area contributed by atoms with Gasteiger partial charge >= 0.3 is 0 Å². The van der Waals surface area contributed by atoms with Crippen LogP contribution in [0.15, 0.2) is 40.5 Å². The highest BCUT2D eigenvalue weighted by atomic mass is 32.1. The van der Waals surface area contributed by atoms with Gasteiger partial charge in [0, 0.05) is 18.5 Å². The van der Waals surface area contributed by atoms with Gasteiger partial charge in [0.2, 0.25) is 0 Å². The van der Waals surface area contributed by atoms with Crippen LogP contribution < -0.4 is 16.2 Å². The molecule has 0 saturated heterocycles. The molecule has 2 amide bonds. The number of nitrogens with zero attached hydrogens (tertiary/aromatic N) is 2. The summed E-state index contributed by atoms with van der Waals surface area (Å²) in [4.78, 5) is 37.3. The molecule has 0 bridgehead atoms. The number of anilines is 1. The Labute approximate surface area is 152 Å². The van der Waals surface area contributed by atoms with Crippen LogP contribution >= 0.6 is 11.3 Å². The van der Waals surface area contributed by atoms with Gasteiger partial charge in [0.25, 0.3) is 17.4 Å². The fourth-order valence-corrected chi connectivity index (χ4v) is 3.48. The van der Waals surface area contributed by atoms with E-state index in [4.69, 9.17) is 0 Å². The van der Waals surface area contributed by atoms with E-state index in [0.29, 0.717) is 21.3 Å². The molecule has 7 nitrogen and oxygen atoms in total. The lowest BCUT2D eigenvalue weighted by Gasteiger charge is -2.09. The van der Waals surface area contributed by atoms with Crippen molar-refractivity contribution in [1.82, 2.24) is 15.1 Å². The summed E-state index contributed by atoms with van der Waals surface area (Å²) in [5.41, 5.74) is 0.312. The average Bonchev–Trinajstić information content (AvgIpc) is 3.33. The van der Waals surface area contributed by atoms with Gasteiger partial charge < -0.3 is 10.6 Å². The van der Waals surface area contributed by atoms with Crippen molar-refractivity contribution in [2.75, 3.05) is 5.32 Å². The molecule has 0 unspecified atom stereocenters. The van der Waals surface area contributed by atoms with Crippen molar-refractivity contribution in [3.63, 3.8) is 0 Å². The molecule has 26 heavy (non-hydrogen) atoms. The van der Waals surface area contributed by atoms with Crippen molar-refractivity contribution in [2.24, 2.45) is 7.05 Å². The molecule has 0 aliphatic heterocycles. The number of aromatic nitrogens is 2. The topological polar surface area (TPSA) is 93.1 Å². The Hall–Kier alpha value is -3.00. The van der Waals surface area contributed by atoms with Crippen molar-refractivity contribution in [3.05, 3.63) is 57.3 Å². The van der Waals surface area contributed by atoms with E-state index in [0.717, 1.165) is 17.5 Å². The van der Waals surface area contributed by atoms with E-state index >= 15 is 0 Å². The van der Waals surface area contributed by atoms with Gasteiger partial charge in [-0.3, -0.25) is 14.4 Å². The van der Waals surface area contributed by atoms with Crippen LogP contribution in [0, 0.1) is 0 Å². The van der Waals surface area contributed by atoms with Crippen LogP contribution in [-0.4, -0.2) is 27.6 Å². The van der Waals surface area contributed by atoms with Crippen molar-refractivity contribution < 1.29 is 9.59 Å². The summed E-state index contributed by atoms with van der Waals surface area (Å²) < 4.78 is 1.15. The van der Waals surface area contributed by atoms with Crippen LogP contribution in [0.4, 0.5) is 5.00 Å². The number of benzene rings is 1. The third-order valence-corrected chi connectivity index (χ3v) is 5.05. The maximum Gasteiger partial charge on any atom is 0.277 e. The van der Waals surface area contributed by atoms with E-state index < -0.39 is 5.91 Å². The van der Waals surface area contributed by atoms with Crippen LogP contribution in [-0.2, 0) is 7.05 Å². The van der Waals surface area contributed by atoms with E-state index in [2.05, 4.69) is 15.7 Å². The highest BCUT2D eigenvalue weighted by molar-refractivity contribution is 7.14. The van der Waals surface area contributed by atoms with E-state index in [-0.39, 0.29) is 23.2 Å². The zero-order chi connectivity index (χ0) is 18.3. The Morgan fingerprint density at radius 1 is 1.15 bits per heavy atom. The number of rotatable bonds is 4. The molecule has 1 aromatic carbocycles. The molecule has 4 rings (SSSR count). The SMILES string of the molecule is Cn1nc(C(=O)Nc2sccc2C(=O)NC2CC2)c2ccccc2c1=O. The maximum absolute atomic E-state index is 12.8. The Bertz CT molecular complexity index is 1080. The van der Waals surface area contributed by atoms with Gasteiger partial charge in [-0.25, -0.2) is 4.68 Å². The van der Waals surface area contributed by atoms with Crippen LogP contribution in [0.25, 0.3) is 10.8 Å². The molecule has 3 aromatic rings. The zero-order valence-electron chi connectivity index (χ0n) is 14.0. The quantitative estimate of drug-likeness (QED) is 0.738. The molecule has 0 radical (unpaired) electrons. The predicted octanol–water partition coefficient (Wildman–Crippen LogP) is 2.14. The summed E-state index contributed by atoms with van der Waals surface area (Å²) in [5.74, 6) is -0.651. The number of fused-ring (bicyclic) bond motifs is 1. The van der Waals surface area contributed by atoms with Crippen molar-refractivity contribution in [1.29, 1.82) is 0 Å². The number of aryl methyl sites for hydroxylation is 1. The van der Waals surface area contributed by atoms with Gasteiger partial charge in [-0.15, -0.1) is 11.3 Å². The first-order valence-electron chi connectivity index (χ1n) is 8.20. The minimum Gasteiger partial charge on any atom is -0.349 e. The Balaban J connectivity index is 1.67. The summed E-state index contributed by atoms with van der Waals surface area (Å²) >= 11 is 1.27. The highest BCUT2D eigenvalue weighted by Crippen LogP contribution is 2.26. The van der Waals surface area contributed by atoms with Crippen LogP contribution in [0.2, 0.25) is 0 Å². The molecule has 0 atom stereocenters. The molecule has 1 saturated carbocycles. The minimum absolute atomic E-state index is 0.143. The molecule has 2 heterocycles. The lowest BCUT2D eigenvalue weighted by molar-refractivity contribution is 0.0952. The van der Waals surface area contributed by atoms with Gasteiger partial charge in [0.1, 0.15) is 5.00 Å². The first-order valence-corrected chi connectivity index (χ1v) is 9.08. The molecule has 2 aromatic heterocycles. The fraction of sp³-hybridized carbons (Fsp3) is 0.222. The Morgan fingerprint density at radius 3 is 2.62 bits per heavy atom. The molecule has 2 N–H and O–H groups in total. The van der Waals surface area contributed by atoms with Gasteiger partial charge in [0.05, 0.1) is 10.9 Å². The number of hydrogen-bond acceptors (Lipinski definition) is 5. The fourth-order valence-electron chi connectivity index (χ4n) is 2.71. The number of hydrogen-bond donors (Lipinski definition) is 2. The molecular weight excluding hydrogens is 352 g/mol. The zero-order valence-corrected chi connectivity index (χ0v) is 14.8. The summed E-state index contributed by atoms with van der Waals surface area (Å²) in [5, 5.41) is 12.9. The largest absolute Gasteiger partial charge is 0.349 e. The predicted molar refractivity (Wildman–Crippen MR) is 99.7 cm³/mol. The van der Waals surface area contributed by atoms with Gasteiger partial charge in [-0.1, -0.05) is 18.2 Å². The smallest absolute Gasteiger partial charge is 0.277 e. The molecule has 8 heteroatoms. The van der Waals surface area contributed by atoms with E-state index in [1.54, 1.807) is 35.7 Å². The first-order chi connectivity index (χ1) is 12.5. The van der Waals surface area contributed by atoms with Crippen LogP contribution in [0.3, 0.4) is 0 Å². The Kier molecular flexibility index (Phi) is 4.04. The molecule has 132 valence electrons. The van der Waals surface area contributed by atoms with Crippen LogP contribution in [0.5, 0.6) is 0 Å². The molecule has 0 spiro atoms. The van der Waals surface area contributed by atoms with Crippen molar-refractivity contribution in [2.45, 2.75) is 18.9 Å². The van der Waals surface area contributed by atoms with Crippen LogP contribution in [0.1, 0.15) is 33.7 Å². The second-order valence-corrected chi connectivity index (χ2v) is 7.10. The van der Waals surface area contributed by atoms with Gasteiger partial charge in [0.15, 0.2) is 5.69 Å². The van der Waals surface area contributed by atoms with Gasteiger partial charge in [-0.2, -0.15) is 5.10 Å². The maximum atomic E-state index is 12.8. The third-order valence-electron chi connectivity index (χ3n) is 4.22.